The van der Waals surface area contributed by atoms with Crippen molar-refractivity contribution in [3.05, 3.63) is 0 Å². The normalized spacial score (nSPS) is 23.9. The third-order valence-corrected chi connectivity index (χ3v) is 2.39. The van der Waals surface area contributed by atoms with Crippen molar-refractivity contribution < 1.29 is 9.53 Å². The third kappa shape index (κ3) is 2.29. The van der Waals surface area contributed by atoms with Gasteiger partial charge in [0.1, 0.15) is 6.61 Å². The van der Waals surface area contributed by atoms with E-state index in [0.29, 0.717) is 13.2 Å². The van der Waals surface area contributed by atoms with Gasteiger partial charge in [-0.1, -0.05) is 13.8 Å². The number of rotatable bonds is 4. The lowest BCUT2D eigenvalue weighted by atomic mass is 10.1. The van der Waals surface area contributed by atoms with Crippen molar-refractivity contribution in [2.45, 2.75) is 13.8 Å². The molecule has 0 aliphatic carbocycles. The number of hydrogen-bond donors (Lipinski definition) is 0. The molecule has 0 aromatic rings. The quantitative estimate of drug-likeness (QED) is 0.618. The van der Waals surface area contributed by atoms with Crippen molar-refractivity contribution in [2.75, 3.05) is 32.8 Å². The molecule has 0 N–H and O–H groups in total. The summed E-state index contributed by atoms with van der Waals surface area (Å²) in [5, 5.41) is 0. The lowest BCUT2D eigenvalue weighted by Crippen LogP contribution is -2.32. The van der Waals surface area contributed by atoms with E-state index < -0.39 is 0 Å². The van der Waals surface area contributed by atoms with Gasteiger partial charge in [0.2, 0.25) is 0 Å². The molecule has 1 saturated heterocycles. The summed E-state index contributed by atoms with van der Waals surface area (Å²) in [7, 11) is 0. The predicted molar refractivity (Wildman–Crippen MR) is 47.1 cm³/mol. The van der Waals surface area contributed by atoms with Crippen LogP contribution in [0.3, 0.4) is 0 Å². The molecule has 0 radical (unpaired) electrons. The summed E-state index contributed by atoms with van der Waals surface area (Å²) in [6.45, 7) is 8.07. The standard InChI is InChI=1S/C9H17NO2/c1-3-10(4-2)5-8-6-12-7-9(8)11/h8H,3-7H2,1-2H3. The van der Waals surface area contributed by atoms with Crippen LogP contribution in [0.4, 0.5) is 0 Å². The van der Waals surface area contributed by atoms with Gasteiger partial charge in [-0.15, -0.1) is 0 Å². The Morgan fingerprint density at radius 1 is 1.50 bits per heavy atom. The number of nitrogens with zero attached hydrogens (tertiary/aromatic N) is 1. The van der Waals surface area contributed by atoms with Crippen molar-refractivity contribution in [3.63, 3.8) is 0 Å². The van der Waals surface area contributed by atoms with Crippen molar-refractivity contribution in [1.82, 2.24) is 4.90 Å². The number of hydrogen-bond acceptors (Lipinski definition) is 3. The number of ketones is 1. The first-order valence-corrected chi connectivity index (χ1v) is 4.60. The summed E-state index contributed by atoms with van der Waals surface area (Å²) >= 11 is 0. The maximum atomic E-state index is 11.2. The third-order valence-electron chi connectivity index (χ3n) is 2.39. The van der Waals surface area contributed by atoms with E-state index in [4.69, 9.17) is 4.74 Å². The average Bonchev–Trinajstić information content (AvgIpc) is 2.47. The fourth-order valence-electron chi connectivity index (χ4n) is 1.46. The highest BCUT2D eigenvalue weighted by Crippen LogP contribution is 2.10. The Hall–Kier alpha value is -0.410. The first-order valence-electron chi connectivity index (χ1n) is 4.60. The van der Waals surface area contributed by atoms with Gasteiger partial charge < -0.3 is 9.64 Å². The summed E-state index contributed by atoms with van der Waals surface area (Å²) in [4.78, 5) is 13.5. The Balaban J connectivity index is 2.33. The predicted octanol–water partition coefficient (Wildman–Crippen LogP) is 0.544. The van der Waals surface area contributed by atoms with Crippen LogP contribution in [0.1, 0.15) is 13.8 Å². The summed E-state index contributed by atoms with van der Waals surface area (Å²) in [6.07, 6.45) is 0. The van der Waals surface area contributed by atoms with Crippen LogP contribution in [0.5, 0.6) is 0 Å². The molecule has 3 nitrogen and oxygen atoms in total. The molecule has 3 heteroatoms. The number of carbonyl (C=O) groups excluding carboxylic acids is 1. The van der Waals surface area contributed by atoms with Gasteiger partial charge in [-0.3, -0.25) is 4.79 Å². The highest BCUT2D eigenvalue weighted by Gasteiger charge is 2.26. The van der Waals surface area contributed by atoms with E-state index in [1.54, 1.807) is 0 Å². The van der Waals surface area contributed by atoms with Gasteiger partial charge in [0.25, 0.3) is 0 Å². The van der Waals surface area contributed by atoms with Gasteiger partial charge in [0.15, 0.2) is 5.78 Å². The Bertz CT molecular complexity index is 155. The Labute approximate surface area is 73.7 Å². The van der Waals surface area contributed by atoms with Gasteiger partial charge >= 0.3 is 0 Å². The molecule has 0 saturated carbocycles. The van der Waals surface area contributed by atoms with Gasteiger partial charge in [0.05, 0.1) is 12.5 Å². The molecule has 1 rings (SSSR count). The monoisotopic (exact) mass is 171 g/mol. The van der Waals surface area contributed by atoms with E-state index in [2.05, 4.69) is 18.7 Å². The fourth-order valence-corrected chi connectivity index (χ4v) is 1.46. The molecule has 1 aliphatic rings. The van der Waals surface area contributed by atoms with Crippen molar-refractivity contribution >= 4 is 5.78 Å². The van der Waals surface area contributed by atoms with E-state index in [0.717, 1.165) is 19.6 Å². The Morgan fingerprint density at radius 2 is 2.17 bits per heavy atom. The molecule has 0 bridgehead atoms. The lowest BCUT2D eigenvalue weighted by molar-refractivity contribution is -0.120. The van der Waals surface area contributed by atoms with Crippen LogP contribution in [0.2, 0.25) is 0 Å². The smallest absolute Gasteiger partial charge is 0.165 e. The van der Waals surface area contributed by atoms with Crippen molar-refractivity contribution in [3.8, 4) is 0 Å². The van der Waals surface area contributed by atoms with Crippen LogP contribution in [-0.2, 0) is 9.53 Å². The first kappa shape index (κ1) is 9.68. The SMILES string of the molecule is CCN(CC)CC1COCC1=O. The minimum atomic E-state index is 0.130. The van der Waals surface area contributed by atoms with Gasteiger partial charge in [-0.25, -0.2) is 0 Å². The van der Waals surface area contributed by atoms with Crippen molar-refractivity contribution in [1.29, 1.82) is 0 Å². The van der Waals surface area contributed by atoms with Gasteiger partial charge in [0, 0.05) is 6.54 Å². The molecule has 12 heavy (non-hydrogen) atoms. The van der Waals surface area contributed by atoms with Crippen LogP contribution in [0.15, 0.2) is 0 Å². The molecular formula is C9H17NO2. The molecule has 0 spiro atoms. The fraction of sp³-hybridized carbons (Fsp3) is 0.889. The van der Waals surface area contributed by atoms with Crippen LogP contribution in [0, 0.1) is 5.92 Å². The molecule has 1 unspecified atom stereocenters. The second-order valence-corrected chi connectivity index (χ2v) is 3.16. The summed E-state index contributed by atoms with van der Waals surface area (Å²) in [5.74, 6) is 0.395. The van der Waals surface area contributed by atoms with Crippen LogP contribution < -0.4 is 0 Å². The van der Waals surface area contributed by atoms with E-state index in [1.807, 2.05) is 0 Å². The summed E-state index contributed by atoms with van der Waals surface area (Å²) in [5.41, 5.74) is 0. The molecule has 1 aliphatic heterocycles. The second kappa shape index (κ2) is 4.58. The molecule has 70 valence electrons. The zero-order valence-electron chi connectivity index (χ0n) is 7.88. The van der Waals surface area contributed by atoms with Crippen LogP contribution >= 0.6 is 0 Å². The molecule has 0 aromatic carbocycles. The minimum Gasteiger partial charge on any atom is -0.373 e. The summed E-state index contributed by atoms with van der Waals surface area (Å²) < 4.78 is 5.08. The zero-order chi connectivity index (χ0) is 8.97. The number of Topliss-reactive ketones (excluding diaryl/α,β-unsaturated/α-hetero) is 1. The zero-order valence-corrected chi connectivity index (χ0v) is 7.88. The van der Waals surface area contributed by atoms with E-state index in [-0.39, 0.29) is 11.7 Å². The maximum absolute atomic E-state index is 11.2. The highest BCUT2D eigenvalue weighted by molar-refractivity contribution is 5.84. The number of ether oxygens (including phenoxy) is 1. The Kier molecular flexibility index (Phi) is 3.69. The lowest BCUT2D eigenvalue weighted by Gasteiger charge is -2.20. The molecule has 0 amide bonds. The second-order valence-electron chi connectivity index (χ2n) is 3.16. The van der Waals surface area contributed by atoms with Crippen LogP contribution in [0.25, 0.3) is 0 Å². The van der Waals surface area contributed by atoms with Gasteiger partial charge in [-0.05, 0) is 13.1 Å². The largest absolute Gasteiger partial charge is 0.373 e. The average molecular weight is 171 g/mol. The van der Waals surface area contributed by atoms with E-state index in [1.165, 1.54) is 0 Å². The van der Waals surface area contributed by atoms with E-state index >= 15 is 0 Å². The molecule has 1 heterocycles. The topological polar surface area (TPSA) is 29.5 Å². The molecule has 1 fully saturated rings. The van der Waals surface area contributed by atoms with Crippen molar-refractivity contribution in [2.24, 2.45) is 5.92 Å². The maximum Gasteiger partial charge on any atom is 0.165 e. The highest BCUT2D eigenvalue weighted by atomic mass is 16.5. The molecule has 1 atom stereocenters. The summed E-state index contributed by atoms with van der Waals surface area (Å²) in [6, 6.07) is 0. The van der Waals surface area contributed by atoms with Crippen LogP contribution in [-0.4, -0.2) is 43.5 Å². The van der Waals surface area contributed by atoms with Gasteiger partial charge in [-0.2, -0.15) is 0 Å². The first-order chi connectivity index (χ1) is 5.77. The molecule has 0 aromatic heterocycles. The Morgan fingerprint density at radius 3 is 2.58 bits per heavy atom. The minimum absolute atomic E-state index is 0.130. The molecular weight excluding hydrogens is 154 g/mol. The number of carbonyl (C=O) groups is 1. The van der Waals surface area contributed by atoms with E-state index in [9.17, 15) is 4.79 Å².